The van der Waals surface area contributed by atoms with Crippen molar-refractivity contribution in [3.05, 3.63) is 11.5 Å². The molecule has 0 N–H and O–H groups in total. The van der Waals surface area contributed by atoms with Crippen LogP contribution in [-0.4, -0.2) is 50.0 Å². The van der Waals surface area contributed by atoms with Gasteiger partial charge >= 0.3 is 13.2 Å². The molecule has 2 aliphatic heterocycles. The van der Waals surface area contributed by atoms with Crippen LogP contribution in [0.1, 0.15) is 27.2 Å². The summed E-state index contributed by atoms with van der Waals surface area (Å²) < 4.78 is 16.2. The fourth-order valence-electron chi connectivity index (χ4n) is 1.96. The Bertz CT molecular complexity index is 344. The molecule has 0 bridgehead atoms. The predicted molar refractivity (Wildman–Crippen MR) is 68.2 cm³/mol. The number of ether oxygens (including phenoxy) is 1. The van der Waals surface area contributed by atoms with Gasteiger partial charge in [0.2, 0.25) is 0 Å². The first-order valence-corrected chi connectivity index (χ1v) is 6.36. The molecule has 2 rings (SSSR count). The maximum atomic E-state index is 11.9. The van der Waals surface area contributed by atoms with E-state index in [9.17, 15) is 4.79 Å². The van der Waals surface area contributed by atoms with Gasteiger partial charge in [-0.25, -0.2) is 4.79 Å². The molecular weight excluding hydrogens is 233 g/mol. The Hall–Kier alpha value is -1.01. The summed E-state index contributed by atoms with van der Waals surface area (Å²) in [6, 6.07) is 0. The minimum Gasteiger partial charge on any atom is -0.444 e. The Labute approximate surface area is 108 Å². The second-order valence-corrected chi connectivity index (χ2v) is 5.53. The van der Waals surface area contributed by atoms with Gasteiger partial charge in [0.1, 0.15) is 5.60 Å². The van der Waals surface area contributed by atoms with E-state index in [4.69, 9.17) is 14.0 Å². The average Bonchev–Trinajstić information content (AvgIpc) is 2.80. The van der Waals surface area contributed by atoms with Crippen molar-refractivity contribution in [2.24, 2.45) is 0 Å². The minimum absolute atomic E-state index is 0.203. The molecule has 1 fully saturated rings. The molecule has 0 aromatic rings. The third kappa shape index (κ3) is 3.49. The maximum Gasteiger partial charge on any atom is 0.489 e. The molecule has 0 unspecified atom stereocenters. The molecule has 0 aromatic heterocycles. The molecular formula is C12H20BNO4. The van der Waals surface area contributed by atoms with E-state index < -0.39 is 5.60 Å². The second kappa shape index (κ2) is 5.32. The maximum absolute atomic E-state index is 11.9. The highest BCUT2D eigenvalue weighted by Gasteiger charge is 2.32. The fraction of sp³-hybridized carbons (Fsp3) is 0.750. The van der Waals surface area contributed by atoms with E-state index in [1.807, 2.05) is 26.8 Å². The molecule has 0 radical (unpaired) electrons. The third-order valence-corrected chi connectivity index (χ3v) is 2.82. The average molecular weight is 253 g/mol. The molecule has 0 aliphatic carbocycles. The van der Waals surface area contributed by atoms with Gasteiger partial charge in [0.25, 0.3) is 0 Å². The summed E-state index contributed by atoms with van der Waals surface area (Å²) in [5.74, 6) is 0. The van der Waals surface area contributed by atoms with Gasteiger partial charge in [0.15, 0.2) is 0 Å². The highest BCUT2D eigenvalue weighted by Crippen LogP contribution is 2.19. The molecule has 6 heteroatoms. The van der Waals surface area contributed by atoms with Crippen molar-refractivity contribution in [1.29, 1.82) is 0 Å². The number of rotatable bonds is 1. The number of hydrogen-bond acceptors (Lipinski definition) is 4. The van der Waals surface area contributed by atoms with Gasteiger partial charge < -0.3 is 18.9 Å². The summed E-state index contributed by atoms with van der Waals surface area (Å²) in [6.45, 7) is 8.13. The van der Waals surface area contributed by atoms with Crippen molar-refractivity contribution in [2.45, 2.75) is 32.8 Å². The lowest BCUT2D eigenvalue weighted by atomic mass is 9.75. The largest absolute Gasteiger partial charge is 0.489 e. The summed E-state index contributed by atoms with van der Waals surface area (Å²) in [5.41, 5.74) is 0.686. The first kappa shape index (κ1) is 13.4. The summed E-state index contributed by atoms with van der Waals surface area (Å²) >= 11 is 0. The smallest absolute Gasteiger partial charge is 0.444 e. The van der Waals surface area contributed by atoms with E-state index in [-0.39, 0.29) is 13.2 Å². The van der Waals surface area contributed by atoms with Crippen LogP contribution < -0.4 is 0 Å². The van der Waals surface area contributed by atoms with Gasteiger partial charge in [0, 0.05) is 13.1 Å². The molecule has 0 atom stereocenters. The molecule has 0 aromatic carbocycles. The van der Waals surface area contributed by atoms with Crippen molar-refractivity contribution >= 4 is 13.2 Å². The van der Waals surface area contributed by atoms with Crippen LogP contribution in [0.25, 0.3) is 0 Å². The zero-order chi connectivity index (χ0) is 13.2. The van der Waals surface area contributed by atoms with Gasteiger partial charge in [-0.15, -0.1) is 0 Å². The zero-order valence-corrected chi connectivity index (χ0v) is 11.3. The van der Waals surface area contributed by atoms with E-state index >= 15 is 0 Å². The number of carbonyl (C=O) groups is 1. The summed E-state index contributed by atoms with van der Waals surface area (Å²) in [4.78, 5) is 13.6. The van der Waals surface area contributed by atoms with Crippen LogP contribution in [0.3, 0.4) is 0 Å². The Kier molecular flexibility index (Phi) is 3.97. The molecule has 100 valence electrons. The van der Waals surface area contributed by atoms with Crippen LogP contribution in [0.4, 0.5) is 4.79 Å². The molecule has 0 spiro atoms. The van der Waals surface area contributed by atoms with Crippen LogP contribution in [0.15, 0.2) is 11.5 Å². The van der Waals surface area contributed by atoms with Crippen LogP contribution >= 0.6 is 0 Å². The Morgan fingerprint density at radius 3 is 2.56 bits per heavy atom. The molecule has 5 nitrogen and oxygen atoms in total. The SMILES string of the molecule is CC(C)(C)OC(=O)N1CC=C(B2OCCO2)CC1. The van der Waals surface area contributed by atoms with Crippen molar-refractivity contribution in [1.82, 2.24) is 4.90 Å². The summed E-state index contributed by atoms with van der Waals surface area (Å²) in [6.07, 6.45) is 2.53. The molecule has 0 saturated carbocycles. The normalized spacial score (nSPS) is 20.9. The fourth-order valence-corrected chi connectivity index (χ4v) is 1.96. The minimum atomic E-state index is -0.446. The van der Waals surface area contributed by atoms with Gasteiger partial charge in [-0.2, -0.15) is 0 Å². The quantitative estimate of drug-likeness (QED) is 0.666. The first-order valence-electron chi connectivity index (χ1n) is 6.36. The second-order valence-electron chi connectivity index (χ2n) is 5.53. The van der Waals surface area contributed by atoms with Crippen LogP contribution in [0.5, 0.6) is 0 Å². The molecule has 1 saturated heterocycles. The summed E-state index contributed by atoms with van der Waals surface area (Å²) in [7, 11) is -0.203. The van der Waals surface area contributed by atoms with Crippen LogP contribution in [0.2, 0.25) is 0 Å². The first-order chi connectivity index (χ1) is 8.46. The zero-order valence-electron chi connectivity index (χ0n) is 11.3. The van der Waals surface area contributed by atoms with E-state index in [1.54, 1.807) is 4.90 Å². The Balaban J connectivity index is 1.87. The molecule has 2 heterocycles. The van der Waals surface area contributed by atoms with Crippen LogP contribution in [-0.2, 0) is 14.0 Å². The highest BCUT2D eigenvalue weighted by molar-refractivity contribution is 6.54. The standard InChI is InChI=1S/C12H20BNO4/c1-12(2,3)18-11(15)14-6-4-10(5-7-14)13-16-8-9-17-13/h4H,5-9H2,1-3H3. The van der Waals surface area contributed by atoms with Crippen molar-refractivity contribution in [3.63, 3.8) is 0 Å². The van der Waals surface area contributed by atoms with E-state index in [0.29, 0.717) is 26.3 Å². The van der Waals surface area contributed by atoms with Gasteiger partial charge in [-0.1, -0.05) is 6.08 Å². The lowest BCUT2D eigenvalue weighted by Crippen LogP contribution is -2.40. The Morgan fingerprint density at radius 2 is 2.06 bits per heavy atom. The third-order valence-electron chi connectivity index (χ3n) is 2.82. The van der Waals surface area contributed by atoms with E-state index in [2.05, 4.69) is 0 Å². The lowest BCUT2D eigenvalue weighted by Gasteiger charge is -2.29. The monoisotopic (exact) mass is 253 g/mol. The van der Waals surface area contributed by atoms with Crippen molar-refractivity contribution < 1.29 is 18.8 Å². The van der Waals surface area contributed by atoms with Crippen LogP contribution in [0, 0.1) is 0 Å². The Morgan fingerprint density at radius 1 is 1.39 bits per heavy atom. The number of hydrogen-bond donors (Lipinski definition) is 0. The number of carbonyl (C=O) groups excluding carboxylic acids is 1. The van der Waals surface area contributed by atoms with Crippen molar-refractivity contribution in [2.75, 3.05) is 26.3 Å². The summed E-state index contributed by atoms with van der Waals surface area (Å²) in [5, 5.41) is 0. The van der Waals surface area contributed by atoms with Crippen molar-refractivity contribution in [3.8, 4) is 0 Å². The van der Waals surface area contributed by atoms with Gasteiger partial charge in [-0.3, -0.25) is 0 Å². The highest BCUT2D eigenvalue weighted by atomic mass is 16.6. The van der Waals surface area contributed by atoms with E-state index in [1.165, 1.54) is 0 Å². The lowest BCUT2D eigenvalue weighted by molar-refractivity contribution is 0.0266. The van der Waals surface area contributed by atoms with Gasteiger partial charge in [0.05, 0.1) is 13.2 Å². The topological polar surface area (TPSA) is 48.0 Å². The number of nitrogens with zero attached hydrogens (tertiary/aromatic N) is 1. The molecule has 18 heavy (non-hydrogen) atoms. The molecule has 1 amide bonds. The number of amides is 1. The predicted octanol–water partition coefficient (Wildman–Crippen LogP) is 1.63. The van der Waals surface area contributed by atoms with Gasteiger partial charge in [-0.05, 0) is 32.7 Å². The van der Waals surface area contributed by atoms with E-state index in [0.717, 1.165) is 11.9 Å². The molecule has 2 aliphatic rings.